The molecule has 1 aromatic rings. The van der Waals surface area contributed by atoms with Gasteiger partial charge >= 0.3 is 0 Å². The second-order valence-electron chi connectivity index (χ2n) is 5.90. The van der Waals surface area contributed by atoms with Crippen LogP contribution in [-0.4, -0.2) is 38.5 Å². The zero-order chi connectivity index (χ0) is 15.1. The number of hydrogen-bond acceptors (Lipinski definition) is 2. The number of thiocarbonyl (C=S) groups is 1. The van der Waals surface area contributed by atoms with Crippen LogP contribution in [-0.2, 0) is 17.8 Å². The van der Waals surface area contributed by atoms with Crippen LogP contribution < -0.4 is 15.5 Å². The molecule has 0 bridgehead atoms. The molecule has 1 aliphatic heterocycles. The molecule has 0 radical (unpaired) electrons. The van der Waals surface area contributed by atoms with Gasteiger partial charge in [0.05, 0.1) is 20.2 Å². The first-order valence-electron chi connectivity index (χ1n) is 7.63. The van der Waals surface area contributed by atoms with E-state index in [0.717, 1.165) is 39.1 Å². The maximum Gasteiger partial charge on any atom is 0.166 e. The maximum absolute atomic E-state index is 5.56. The third-order valence-corrected chi connectivity index (χ3v) is 3.84. The second kappa shape index (κ2) is 8.32. The summed E-state index contributed by atoms with van der Waals surface area (Å²) in [5.41, 5.74) is 2.60. The average Bonchev–Trinajstić information content (AvgIpc) is 2.97. The van der Waals surface area contributed by atoms with Gasteiger partial charge in [0.1, 0.15) is 6.54 Å². The molecule has 1 heterocycles. The molecule has 1 aliphatic rings. The van der Waals surface area contributed by atoms with Gasteiger partial charge in [0.2, 0.25) is 0 Å². The Labute approximate surface area is 132 Å². The summed E-state index contributed by atoms with van der Waals surface area (Å²) in [6.45, 7) is 3.49. The molecule has 0 amide bonds. The highest BCUT2D eigenvalue weighted by Gasteiger charge is 2.15. The fourth-order valence-electron chi connectivity index (χ4n) is 2.44. The zero-order valence-corrected chi connectivity index (χ0v) is 13.8. The van der Waals surface area contributed by atoms with E-state index in [4.69, 9.17) is 17.0 Å². The number of quaternary nitrogens is 1. The van der Waals surface area contributed by atoms with Gasteiger partial charge in [-0.3, -0.25) is 0 Å². The highest BCUT2D eigenvalue weighted by atomic mass is 32.1. The molecule has 0 saturated carbocycles. The Morgan fingerprint density at radius 3 is 2.57 bits per heavy atom. The summed E-state index contributed by atoms with van der Waals surface area (Å²) in [6, 6.07) is 8.70. The summed E-state index contributed by atoms with van der Waals surface area (Å²) in [4.78, 5) is 1.43. The lowest BCUT2D eigenvalue weighted by Crippen LogP contribution is -3.04. The van der Waals surface area contributed by atoms with Crippen LogP contribution in [0.1, 0.15) is 24.0 Å². The first-order valence-corrected chi connectivity index (χ1v) is 8.04. The quantitative estimate of drug-likeness (QED) is 0.668. The molecule has 116 valence electrons. The van der Waals surface area contributed by atoms with Crippen molar-refractivity contribution in [1.82, 2.24) is 10.6 Å². The van der Waals surface area contributed by atoms with E-state index in [1.165, 1.54) is 16.0 Å². The van der Waals surface area contributed by atoms with E-state index in [1.807, 2.05) is 0 Å². The van der Waals surface area contributed by atoms with Crippen LogP contribution in [0.25, 0.3) is 0 Å². The molecule has 5 heteroatoms. The summed E-state index contributed by atoms with van der Waals surface area (Å²) in [5, 5.41) is 7.17. The van der Waals surface area contributed by atoms with Crippen molar-refractivity contribution in [3.8, 4) is 0 Å². The molecule has 2 rings (SSSR count). The van der Waals surface area contributed by atoms with Crippen LogP contribution in [0.5, 0.6) is 0 Å². The van der Waals surface area contributed by atoms with Gasteiger partial charge in [0.25, 0.3) is 0 Å². The predicted molar refractivity (Wildman–Crippen MR) is 89.4 cm³/mol. The van der Waals surface area contributed by atoms with Crippen molar-refractivity contribution in [1.29, 1.82) is 0 Å². The maximum atomic E-state index is 5.56. The number of nitrogens with one attached hydrogen (secondary N) is 3. The summed E-state index contributed by atoms with van der Waals surface area (Å²) >= 11 is 5.29. The third-order valence-electron chi connectivity index (χ3n) is 3.55. The molecule has 0 aliphatic carbocycles. The van der Waals surface area contributed by atoms with E-state index in [0.29, 0.717) is 11.2 Å². The van der Waals surface area contributed by atoms with E-state index < -0.39 is 0 Å². The van der Waals surface area contributed by atoms with Crippen molar-refractivity contribution in [3.63, 3.8) is 0 Å². The monoisotopic (exact) mass is 308 g/mol. The van der Waals surface area contributed by atoms with E-state index in [1.54, 1.807) is 0 Å². The van der Waals surface area contributed by atoms with Crippen LogP contribution in [0.4, 0.5) is 0 Å². The first-order chi connectivity index (χ1) is 10.1. The summed E-state index contributed by atoms with van der Waals surface area (Å²) in [5.74, 6) is 0. The molecular weight excluding hydrogens is 282 g/mol. The molecule has 4 nitrogen and oxygen atoms in total. The molecule has 0 aromatic heterocycles. The molecule has 1 atom stereocenters. The van der Waals surface area contributed by atoms with Crippen LogP contribution in [0, 0.1) is 0 Å². The molecule has 0 spiro atoms. The molecule has 1 aromatic carbocycles. The van der Waals surface area contributed by atoms with Crippen molar-refractivity contribution in [2.75, 3.05) is 27.2 Å². The lowest BCUT2D eigenvalue weighted by atomic mass is 10.1. The van der Waals surface area contributed by atoms with Crippen molar-refractivity contribution < 1.29 is 9.64 Å². The largest absolute Gasteiger partial charge is 0.376 e. The normalized spacial score (nSPS) is 18.0. The van der Waals surface area contributed by atoms with Gasteiger partial charge < -0.3 is 20.3 Å². The van der Waals surface area contributed by atoms with Crippen molar-refractivity contribution >= 4 is 17.3 Å². The van der Waals surface area contributed by atoms with Gasteiger partial charge in [-0.15, -0.1) is 0 Å². The zero-order valence-electron chi connectivity index (χ0n) is 12.9. The minimum atomic E-state index is 0.317. The van der Waals surface area contributed by atoms with Crippen molar-refractivity contribution in [2.24, 2.45) is 0 Å². The topological polar surface area (TPSA) is 37.7 Å². The smallest absolute Gasteiger partial charge is 0.166 e. The SMILES string of the molecule is C[NH+](C)Cc1ccc(CNC(=S)NC[C@H]2CCCO2)cc1. The van der Waals surface area contributed by atoms with Gasteiger partial charge in [-0.05, 0) is 30.6 Å². The Morgan fingerprint density at radius 2 is 1.95 bits per heavy atom. The number of hydrogen-bond donors (Lipinski definition) is 3. The number of benzene rings is 1. The van der Waals surface area contributed by atoms with Crippen molar-refractivity contribution in [3.05, 3.63) is 35.4 Å². The van der Waals surface area contributed by atoms with Gasteiger partial charge in [-0.1, -0.05) is 24.3 Å². The van der Waals surface area contributed by atoms with Gasteiger partial charge in [-0.2, -0.15) is 0 Å². The Morgan fingerprint density at radius 1 is 1.24 bits per heavy atom. The molecule has 21 heavy (non-hydrogen) atoms. The van der Waals surface area contributed by atoms with Gasteiger partial charge in [0.15, 0.2) is 5.11 Å². The molecular formula is C16H26N3OS+. The highest BCUT2D eigenvalue weighted by molar-refractivity contribution is 7.80. The van der Waals surface area contributed by atoms with E-state index in [-0.39, 0.29) is 0 Å². The van der Waals surface area contributed by atoms with Crippen LogP contribution in [0.2, 0.25) is 0 Å². The Hall–Kier alpha value is -1.17. The predicted octanol–water partition coefficient (Wildman–Crippen LogP) is 0.474. The molecule has 1 fully saturated rings. The molecule has 3 N–H and O–H groups in total. The standard InChI is InChI=1S/C16H25N3OS/c1-19(2)12-14-7-5-13(6-8-14)10-17-16(21)18-11-15-4-3-9-20-15/h5-8,15H,3-4,9-12H2,1-2H3,(H2,17,18,21)/p+1/t15-/m1/s1. The van der Waals surface area contributed by atoms with E-state index >= 15 is 0 Å². The third kappa shape index (κ3) is 5.99. The summed E-state index contributed by atoms with van der Waals surface area (Å²) < 4.78 is 5.56. The first kappa shape index (κ1) is 16.2. The minimum absolute atomic E-state index is 0.317. The number of rotatable bonds is 6. The second-order valence-corrected chi connectivity index (χ2v) is 6.31. The van der Waals surface area contributed by atoms with E-state index in [2.05, 4.69) is 49.0 Å². The Bertz CT molecular complexity index is 441. The van der Waals surface area contributed by atoms with Gasteiger partial charge in [-0.25, -0.2) is 0 Å². The lowest BCUT2D eigenvalue weighted by molar-refractivity contribution is -0.872. The summed E-state index contributed by atoms with van der Waals surface area (Å²) in [7, 11) is 4.32. The average molecular weight is 308 g/mol. The number of ether oxygens (including phenoxy) is 1. The van der Waals surface area contributed by atoms with Gasteiger partial charge in [0, 0.05) is 25.3 Å². The molecule has 0 unspecified atom stereocenters. The lowest BCUT2D eigenvalue weighted by Gasteiger charge is -2.14. The van der Waals surface area contributed by atoms with Crippen LogP contribution >= 0.6 is 12.2 Å². The molecule has 1 saturated heterocycles. The van der Waals surface area contributed by atoms with Crippen molar-refractivity contribution in [2.45, 2.75) is 32.0 Å². The fraction of sp³-hybridized carbons (Fsp3) is 0.562. The minimum Gasteiger partial charge on any atom is -0.376 e. The van der Waals surface area contributed by atoms with E-state index in [9.17, 15) is 0 Å². The fourth-order valence-corrected chi connectivity index (χ4v) is 2.60. The van der Waals surface area contributed by atoms with Crippen LogP contribution in [0.3, 0.4) is 0 Å². The van der Waals surface area contributed by atoms with Crippen LogP contribution in [0.15, 0.2) is 24.3 Å². The highest BCUT2D eigenvalue weighted by Crippen LogP contribution is 2.10. The Balaban J connectivity index is 1.68. The Kier molecular flexibility index (Phi) is 6.42. The summed E-state index contributed by atoms with van der Waals surface area (Å²) in [6.07, 6.45) is 2.61.